The van der Waals surface area contributed by atoms with Crippen LogP contribution in [0.3, 0.4) is 0 Å². The van der Waals surface area contributed by atoms with Gasteiger partial charge in [-0.1, -0.05) is 12.1 Å². The number of benzene rings is 1. The van der Waals surface area contributed by atoms with Crippen molar-refractivity contribution in [2.45, 2.75) is 31.7 Å². The van der Waals surface area contributed by atoms with Crippen LogP contribution in [-0.4, -0.2) is 27.8 Å². The standard InChI is InChI=1S/C17H22FN3/c1-13(15-4-3-5-16(18)12-15)21-10-7-14(8-11-21)17-6-9-19-20(17)2/h3-6,9,12-14H,7-8,10-11H2,1-2H3. The average Bonchev–Trinajstić information content (AvgIpc) is 2.93. The van der Waals surface area contributed by atoms with E-state index in [1.54, 1.807) is 12.1 Å². The zero-order valence-corrected chi connectivity index (χ0v) is 12.7. The topological polar surface area (TPSA) is 21.1 Å². The summed E-state index contributed by atoms with van der Waals surface area (Å²) in [4.78, 5) is 2.45. The molecule has 1 fully saturated rings. The molecule has 1 aliphatic rings. The highest BCUT2D eigenvalue weighted by atomic mass is 19.1. The third kappa shape index (κ3) is 3.00. The van der Waals surface area contributed by atoms with Crippen LogP contribution >= 0.6 is 0 Å². The van der Waals surface area contributed by atoms with E-state index in [2.05, 4.69) is 23.0 Å². The Labute approximate surface area is 125 Å². The van der Waals surface area contributed by atoms with Gasteiger partial charge >= 0.3 is 0 Å². The van der Waals surface area contributed by atoms with Crippen LogP contribution in [0.2, 0.25) is 0 Å². The van der Waals surface area contributed by atoms with Crippen LogP contribution in [0.5, 0.6) is 0 Å². The lowest BCUT2D eigenvalue weighted by atomic mass is 9.92. The first-order chi connectivity index (χ1) is 10.1. The summed E-state index contributed by atoms with van der Waals surface area (Å²) < 4.78 is 15.3. The molecule has 1 saturated heterocycles. The summed E-state index contributed by atoms with van der Waals surface area (Å²) in [6.45, 7) is 4.26. The first-order valence-corrected chi connectivity index (χ1v) is 7.62. The number of halogens is 1. The summed E-state index contributed by atoms with van der Waals surface area (Å²) in [5.74, 6) is 0.442. The highest BCUT2D eigenvalue weighted by Crippen LogP contribution is 2.31. The van der Waals surface area contributed by atoms with Crippen molar-refractivity contribution in [1.82, 2.24) is 14.7 Å². The Kier molecular flexibility index (Phi) is 4.06. The third-order valence-corrected chi connectivity index (χ3v) is 4.69. The SMILES string of the molecule is CC(c1cccc(F)c1)N1CCC(c2ccnn2C)CC1. The Morgan fingerprint density at radius 2 is 2.00 bits per heavy atom. The predicted octanol–water partition coefficient (Wildman–Crippen LogP) is 3.50. The summed E-state index contributed by atoms with van der Waals surface area (Å²) in [5.41, 5.74) is 2.39. The molecule has 1 unspecified atom stereocenters. The van der Waals surface area contributed by atoms with Gasteiger partial charge in [0.2, 0.25) is 0 Å². The number of hydrogen-bond donors (Lipinski definition) is 0. The smallest absolute Gasteiger partial charge is 0.123 e. The van der Waals surface area contributed by atoms with Crippen molar-refractivity contribution in [2.24, 2.45) is 7.05 Å². The lowest BCUT2D eigenvalue weighted by Crippen LogP contribution is -2.35. The minimum atomic E-state index is -0.149. The molecule has 1 aliphatic heterocycles. The molecule has 0 amide bonds. The first kappa shape index (κ1) is 14.3. The third-order valence-electron chi connectivity index (χ3n) is 4.69. The number of aryl methyl sites for hydroxylation is 1. The minimum Gasteiger partial charge on any atom is -0.297 e. The van der Waals surface area contributed by atoms with E-state index in [-0.39, 0.29) is 11.9 Å². The van der Waals surface area contributed by atoms with Crippen molar-refractivity contribution < 1.29 is 4.39 Å². The number of aromatic nitrogens is 2. The summed E-state index contributed by atoms with van der Waals surface area (Å²) >= 11 is 0. The molecule has 0 bridgehead atoms. The van der Waals surface area contributed by atoms with Crippen molar-refractivity contribution in [3.05, 3.63) is 53.6 Å². The van der Waals surface area contributed by atoms with Crippen LogP contribution in [0.25, 0.3) is 0 Å². The van der Waals surface area contributed by atoms with Gasteiger partial charge in [-0.05, 0) is 56.6 Å². The maximum Gasteiger partial charge on any atom is 0.123 e. The van der Waals surface area contributed by atoms with Gasteiger partial charge in [-0.3, -0.25) is 9.58 Å². The molecule has 2 heterocycles. The Hall–Kier alpha value is -1.68. The van der Waals surface area contributed by atoms with Crippen LogP contribution < -0.4 is 0 Å². The number of nitrogens with zero attached hydrogens (tertiary/aromatic N) is 3. The average molecular weight is 287 g/mol. The number of likely N-dealkylation sites (tertiary alicyclic amines) is 1. The fourth-order valence-electron chi connectivity index (χ4n) is 3.34. The van der Waals surface area contributed by atoms with E-state index in [1.807, 2.05) is 24.0 Å². The Morgan fingerprint density at radius 1 is 1.24 bits per heavy atom. The van der Waals surface area contributed by atoms with Crippen LogP contribution in [0.15, 0.2) is 36.5 Å². The van der Waals surface area contributed by atoms with E-state index in [4.69, 9.17) is 0 Å². The molecular weight excluding hydrogens is 265 g/mol. The fraction of sp³-hybridized carbons (Fsp3) is 0.471. The van der Waals surface area contributed by atoms with Crippen molar-refractivity contribution in [2.75, 3.05) is 13.1 Å². The lowest BCUT2D eigenvalue weighted by molar-refractivity contribution is 0.160. The van der Waals surface area contributed by atoms with E-state index >= 15 is 0 Å². The fourth-order valence-corrected chi connectivity index (χ4v) is 3.34. The van der Waals surface area contributed by atoms with Crippen molar-refractivity contribution >= 4 is 0 Å². The van der Waals surface area contributed by atoms with E-state index in [1.165, 1.54) is 11.8 Å². The molecule has 3 rings (SSSR count). The van der Waals surface area contributed by atoms with Gasteiger partial charge in [-0.25, -0.2) is 4.39 Å². The van der Waals surface area contributed by atoms with Gasteiger partial charge < -0.3 is 0 Å². The van der Waals surface area contributed by atoms with Crippen molar-refractivity contribution in [3.8, 4) is 0 Å². The van der Waals surface area contributed by atoms with Crippen molar-refractivity contribution in [3.63, 3.8) is 0 Å². The molecule has 1 aromatic heterocycles. The van der Waals surface area contributed by atoms with E-state index in [9.17, 15) is 4.39 Å². The quantitative estimate of drug-likeness (QED) is 0.861. The summed E-state index contributed by atoms with van der Waals surface area (Å²) in [6.07, 6.45) is 4.15. The Morgan fingerprint density at radius 3 is 2.62 bits per heavy atom. The second kappa shape index (κ2) is 5.98. The number of rotatable bonds is 3. The van der Waals surface area contributed by atoms with Gasteiger partial charge in [0.15, 0.2) is 0 Å². The molecule has 0 aliphatic carbocycles. The first-order valence-electron chi connectivity index (χ1n) is 7.62. The Bertz CT molecular complexity index is 600. The van der Waals surface area contributed by atoms with E-state index in [0.29, 0.717) is 5.92 Å². The molecule has 0 spiro atoms. The van der Waals surface area contributed by atoms with Gasteiger partial charge in [-0.15, -0.1) is 0 Å². The molecule has 0 N–H and O–H groups in total. The second-order valence-electron chi connectivity index (χ2n) is 5.92. The van der Waals surface area contributed by atoms with Crippen LogP contribution in [0.1, 0.15) is 43.0 Å². The highest BCUT2D eigenvalue weighted by molar-refractivity contribution is 5.20. The molecule has 1 atom stereocenters. The zero-order valence-electron chi connectivity index (χ0n) is 12.7. The maximum atomic E-state index is 13.4. The second-order valence-corrected chi connectivity index (χ2v) is 5.92. The highest BCUT2D eigenvalue weighted by Gasteiger charge is 2.25. The molecule has 4 heteroatoms. The lowest BCUT2D eigenvalue weighted by Gasteiger charge is -2.36. The predicted molar refractivity (Wildman–Crippen MR) is 81.6 cm³/mol. The van der Waals surface area contributed by atoms with Gasteiger partial charge in [0.25, 0.3) is 0 Å². The van der Waals surface area contributed by atoms with E-state index < -0.39 is 0 Å². The molecule has 2 aromatic rings. The largest absolute Gasteiger partial charge is 0.297 e. The molecular formula is C17H22FN3. The normalized spacial score (nSPS) is 18.8. The number of piperidine rings is 1. The van der Waals surface area contributed by atoms with Crippen LogP contribution in [0.4, 0.5) is 4.39 Å². The van der Waals surface area contributed by atoms with Crippen LogP contribution in [0, 0.1) is 5.82 Å². The molecule has 3 nitrogen and oxygen atoms in total. The summed E-state index contributed by atoms with van der Waals surface area (Å²) in [5, 5.41) is 4.26. The van der Waals surface area contributed by atoms with Crippen molar-refractivity contribution in [1.29, 1.82) is 0 Å². The van der Waals surface area contributed by atoms with Gasteiger partial charge in [0, 0.05) is 30.9 Å². The summed E-state index contributed by atoms with van der Waals surface area (Å²) in [7, 11) is 2.01. The zero-order chi connectivity index (χ0) is 14.8. The maximum absolute atomic E-state index is 13.4. The van der Waals surface area contributed by atoms with Crippen LogP contribution in [-0.2, 0) is 7.05 Å². The molecule has 112 valence electrons. The Balaban J connectivity index is 1.64. The van der Waals surface area contributed by atoms with E-state index in [0.717, 1.165) is 31.5 Å². The monoisotopic (exact) mass is 287 g/mol. The van der Waals surface area contributed by atoms with Gasteiger partial charge in [0.1, 0.15) is 5.82 Å². The molecule has 0 saturated carbocycles. The van der Waals surface area contributed by atoms with Gasteiger partial charge in [-0.2, -0.15) is 5.10 Å². The number of hydrogen-bond acceptors (Lipinski definition) is 2. The van der Waals surface area contributed by atoms with Gasteiger partial charge in [0.05, 0.1) is 0 Å². The molecule has 1 aromatic carbocycles. The minimum absolute atomic E-state index is 0.149. The molecule has 0 radical (unpaired) electrons. The summed E-state index contributed by atoms with van der Waals surface area (Å²) in [6, 6.07) is 9.36. The molecule has 21 heavy (non-hydrogen) atoms.